The summed E-state index contributed by atoms with van der Waals surface area (Å²) in [5.74, 6) is -4.63. The Kier molecular flexibility index (Phi) is 14.7. The lowest BCUT2D eigenvalue weighted by Crippen LogP contribution is -2.50. The number of halogens is 2. The van der Waals surface area contributed by atoms with Crippen LogP contribution in [0.4, 0.5) is 13.6 Å². The normalized spacial score (nSPS) is 15.9. The molecule has 3 aromatic carbocycles. The van der Waals surface area contributed by atoms with Gasteiger partial charge in [0.1, 0.15) is 23.0 Å². The average molecular weight is 775 g/mol. The van der Waals surface area contributed by atoms with Gasteiger partial charge in [-0.05, 0) is 70.0 Å². The SMILES string of the molecule is COCOc1ccc(F)c(F)c1C(=O)c1ccc(C(=O)O[C@@H]2CCCN(OC(=O)OC(C)(C)C)C[C@H]2NC(=O)c2cc(OC)c(OCOC)c(OC)c2)cc1. The summed E-state index contributed by atoms with van der Waals surface area (Å²) in [5.41, 5.74) is -1.42. The van der Waals surface area contributed by atoms with Gasteiger partial charge in [0, 0.05) is 31.9 Å². The van der Waals surface area contributed by atoms with Crippen molar-refractivity contribution in [3.05, 3.63) is 82.4 Å². The number of rotatable bonds is 15. The van der Waals surface area contributed by atoms with Crippen LogP contribution < -0.4 is 24.3 Å². The highest BCUT2D eigenvalue weighted by Crippen LogP contribution is 2.39. The number of hydroxylamine groups is 2. The highest BCUT2D eigenvalue weighted by Gasteiger charge is 2.35. The fraction of sp³-hybridized carbons (Fsp3) is 0.421. The van der Waals surface area contributed by atoms with E-state index < -0.39 is 58.8 Å². The second-order valence-corrected chi connectivity index (χ2v) is 13.1. The molecule has 0 spiro atoms. The molecule has 2 atom stereocenters. The minimum atomic E-state index is -1.40. The van der Waals surface area contributed by atoms with Crippen LogP contribution in [0.5, 0.6) is 23.0 Å². The molecule has 1 aliphatic heterocycles. The van der Waals surface area contributed by atoms with Gasteiger partial charge in [0.2, 0.25) is 5.75 Å². The topological polar surface area (TPSA) is 167 Å². The van der Waals surface area contributed by atoms with Gasteiger partial charge in [-0.25, -0.2) is 18.4 Å². The molecule has 1 fully saturated rings. The molecule has 1 heterocycles. The molecule has 0 aromatic heterocycles. The monoisotopic (exact) mass is 774 g/mol. The predicted molar refractivity (Wildman–Crippen MR) is 189 cm³/mol. The van der Waals surface area contributed by atoms with Gasteiger partial charge in [-0.1, -0.05) is 12.1 Å². The number of amides is 1. The summed E-state index contributed by atoms with van der Waals surface area (Å²) in [5, 5.41) is 4.18. The van der Waals surface area contributed by atoms with Crippen LogP contribution in [0.25, 0.3) is 0 Å². The number of ether oxygens (including phenoxy) is 8. The summed E-state index contributed by atoms with van der Waals surface area (Å²) in [4.78, 5) is 58.6. The maximum absolute atomic E-state index is 14.8. The number of nitrogens with one attached hydrogen (secondary N) is 1. The zero-order valence-corrected chi connectivity index (χ0v) is 31.5. The first-order valence-corrected chi connectivity index (χ1v) is 17.0. The molecule has 1 amide bonds. The van der Waals surface area contributed by atoms with Crippen molar-refractivity contribution in [1.82, 2.24) is 10.4 Å². The Hall–Kier alpha value is -5.52. The zero-order valence-electron chi connectivity index (χ0n) is 31.5. The number of carbonyl (C=O) groups excluding carboxylic acids is 4. The largest absolute Gasteiger partial charge is 0.528 e. The predicted octanol–water partition coefficient (Wildman–Crippen LogP) is 5.46. The Bertz CT molecular complexity index is 1810. The van der Waals surface area contributed by atoms with Crippen LogP contribution in [0.2, 0.25) is 0 Å². The van der Waals surface area contributed by atoms with E-state index in [4.69, 9.17) is 42.7 Å². The molecular formula is C38H44F2N2O13. The van der Waals surface area contributed by atoms with Crippen molar-refractivity contribution in [2.75, 3.05) is 55.1 Å². The molecule has 3 aromatic rings. The van der Waals surface area contributed by atoms with Crippen LogP contribution in [-0.2, 0) is 23.8 Å². The number of carbonyl (C=O) groups is 4. The number of methoxy groups -OCH3 is 4. The van der Waals surface area contributed by atoms with E-state index in [0.29, 0.717) is 6.42 Å². The van der Waals surface area contributed by atoms with Gasteiger partial charge < -0.3 is 48.0 Å². The average Bonchev–Trinajstić information content (AvgIpc) is 3.33. The van der Waals surface area contributed by atoms with Crippen molar-refractivity contribution in [2.24, 2.45) is 0 Å². The lowest BCUT2D eigenvalue weighted by molar-refractivity contribution is -0.144. The van der Waals surface area contributed by atoms with Crippen molar-refractivity contribution < 1.29 is 70.7 Å². The number of nitrogens with zero attached hydrogens (tertiary/aromatic N) is 1. The summed E-state index contributed by atoms with van der Waals surface area (Å²) >= 11 is 0. The third kappa shape index (κ3) is 11.3. The molecule has 0 saturated carbocycles. The lowest BCUT2D eigenvalue weighted by Gasteiger charge is -2.29. The molecule has 0 radical (unpaired) electrons. The molecule has 17 heteroatoms. The van der Waals surface area contributed by atoms with Gasteiger partial charge in [0.05, 0.1) is 32.4 Å². The van der Waals surface area contributed by atoms with E-state index in [1.54, 1.807) is 20.8 Å². The van der Waals surface area contributed by atoms with E-state index in [1.165, 1.54) is 69.9 Å². The summed E-state index contributed by atoms with van der Waals surface area (Å²) in [7, 11) is 5.54. The van der Waals surface area contributed by atoms with Gasteiger partial charge in [-0.3, -0.25) is 9.59 Å². The molecule has 0 bridgehead atoms. The molecule has 4 rings (SSSR count). The first kappa shape index (κ1) is 42.2. The summed E-state index contributed by atoms with van der Waals surface area (Å²) in [6.07, 6.45) is -1.29. The van der Waals surface area contributed by atoms with Gasteiger partial charge in [-0.2, -0.15) is 0 Å². The van der Waals surface area contributed by atoms with Gasteiger partial charge in [0.25, 0.3) is 5.91 Å². The van der Waals surface area contributed by atoms with E-state index in [9.17, 15) is 28.0 Å². The summed E-state index contributed by atoms with van der Waals surface area (Å²) in [6.45, 7) is 4.72. The number of hydrogen-bond acceptors (Lipinski definition) is 14. The summed E-state index contributed by atoms with van der Waals surface area (Å²) < 4.78 is 71.6. The highest BCUT2D eigenvalue weighted by atomic mass is 19.2. The standard InChI is InChI=1S/C38H44F2N2O13/c1-38(2,3)54-37(46)55-42-16-8-9-27(26(19-42)41-35(44)24-17-29(49-6)34(52-21-48-5)30(18-24)50-7)53-36(45)23-12-10-22(11-13-23)33(43)31-28(51-20-47-4)15-14-25(39)32(31)40/h10-15,17-18,26-27H,8-9,16,19-21H2,1-7H3,(H,41,44)/t26-,27-/m1/s1. The Balaban J connectivity index is 1.58. The highest BCUT2D eigenvalue weighted by molar-refractivity contribution is 6.11. The van der Waals surface area contributed by atoms with E-state index in [1.807, 2.05) is 0 Å². The Morgan fingerprint density at radius 1 is 0.818 bits per heavy atom. The van der Waals surface area contributed by atoms with Crippen LogP contribution in [0.1, 0.15) is 70.3 Å². The van der Waals surface area contributed by atoms with Crippen LogP contribution >= 0.6 is 0 Å². The van der Waals surface area contributed by atoms with Crippen molar-refractivity contribution >= 4 is 23.8 Å². The van der Waals surface area contributed by atoms with Crippen LogP contribution in [0, 0.1) is 11.6 Å². The van der Waals surface area contributed by atoms with Crippen molar-refractivity contribution in [3.63, 3.8) is 0 Å². The minimum Gasteiger partial charge on any atom is -0.493 e. The molecule has 298 valence electrons. The molecular weight excluding hydrogens is 730 g/mol. The van der Waals surface area contributed by atoms with Crippen molar-refractivity contribution in [1.29, 1.82) is 0 Å². The van der Waals surface area contributed by atoms with Gasteiger partial charge in [-0.15, -0.1) is 5.06 Å². The molecule has 0 unspecified atom stereocenters. The van der Waals surface area contributed by atoms with E-state index in [2.05, 4.69) is 5.32 Å². The number of hydrogen-bond donors (Lipinski definition) is 1. The fourth-order valence-electron chi connectivity index (χ4n) is 5.45. The molecule has 1 N–H and O–H groups in total. The third-order valence-corrected chi connectivity index (χ3v) is 7.96. The van der Waals surface area contributed by atoms with Crippen LogP contribution in [0.3, 0.4) is 0 Å². The van der Waals surface area contributed by atoms with Crippen molar-refractivity contribution in [2.45, 2.75) is 51.4 Å². The first-order chi connectivity index (χ1) is 26.2. The zero-order chi connectivity index (χ0) is 40.3. The van der Waals surface area contributed by atoms with Crippen LogP contribution in [-0.4, -0.2) is 102 Å². The maximum atomic E-state index is 14.8. The minimum absolute atomic E-state index is 0.0180. The second-order valence-electron chi connectivity index (χ2n) is 13.1. The van der Waals surface area contributed by atoms with Gasteiger partial charge in [0.15, 0.2) is 42.5 Å². The quantitative estimate of drug-likeness (QED) is 0.117. The first-order valence-electron chi connectivity index (χ1n) is 17.0. The molecule has 1 aliphatic rings. The van der Waals surface area contributed by atoms with Gasteiger partial charge >= 0.3 is 12.1 Å². The molecule has 1 saturated heterocycles. The van der Waals surface area contributed by atoms with E-state index in [0.717, 1.165) is 12.1 Å². The third-order valence-electron chi connectivity index (χ3n) is 7.96. The summed E-state index contributed by atoms with van der Waals surface area (Å²) in [6, 6.07) is 8.95. The van der Waals surface area contributed by atoms with E-state index >= 15 is 0 Å². The smallest absolute Gasteiger partial charge is 0.493 e. The number of benzene rings is 3. The number of esters is 1. The molecule has 55 heavy (non-hydrogen) atoms. The maximum Gasteiger partial charge on any atom is 0.528 e. The fourth-order valence-corrected chi connectivity index (χ4v) is 5.45. The van der Waals surface area contributed by atoms with Crippen molar-refractivity contribution in [3.8, 4) is 23.0 Å². The van der Waals surface area contributed by atoms with E-state index in [-0.39, 0.29) is 72.8 Å². The number of ketones is 1. The molecule has 15 nitrogen and oxygen atoms in total. The Labute approximate surface area is 316 Å². The Morgan fingerprint density at radius 2 is 1.44 bits per heavy atom. The molecule has 0 aliphatic carbocycles. The Morgan fingerprint density at radius 3 is 2.04 bits per heavy atom. The lowest BCUT2D eigenvalue weighted by atomic mass is 10.0. The second kappa shape index (κ2) is 19.2. The van der Waals surface area contributed by atoms with Crippen LogP contribution in [0.15, 0.2) is 48.5 Å².